The molecule has 0 amide bonds. The fourth-order valence-corrected chi connectivity index (χ4v) is 1.46. The second-order valence-electron chi connectivity index (χ2n) is 3.60. The molecule has 2 rings (SSSR count). The molecule has 0 radical (unpaired) electrons. The quantitative estimate of drug-likeness (QED) is 0.439. The van der Waals surface area contributed by atoms with E-state index >= 15 is 0 Å². The molecule has 0 aliphatic carbocycles. The topological polar surface area (TPSA) is 95.6 Å². The Bertz CT molecular complexity index is 598. The van der Waals surface area contributed by atoms with E-state index in [-0.39, 0.29) is 22.9 Å². The van der Waals surface area contributed by atoms with E-state index in [4.69, 9.17) is 0 Å². The Kier molecular flexibility index (Phi) is 3.01. The third-order valence-corrected chi connectivity index (χ3v) is 2.37. The lowest BCUT2D eigenvalue weighted by molar-refractivity contribution is -0.384. The van der Waals surface area contributed by atoms with E-state index in [1.54, 1.807) is 18.2 Å². The number of non-ortho nitro benzene ring substituents is 1. The van der Waals surface area contributed by atoms with E-state index in [0.717, 1.165) is 6.07 Å². The lowest BCUT2D eigenvalue weighted by Crippen LogP contribution is -1.93. The van der Waals surface area contributed by atoms with Crippen molar-refractivity contribution in [3.05, 3.63) is 52.6 Å². The van der Waals surface area contributed by atoms with Crippen molar-refractivity contribution in [3.63, 3.8) is 0 Å². The maximum absolute atomic E-state index is 10.5. The fraction of sp³-hybridized carbons (Fsp3) is 0. The highest BCUT2D eigenvalue weighted by Crippen LogP contribution is 2.33. The number of benzene rings is 2. The zero-order chi connectivity index (χ0) is 13.1. The van der Waals surface area contributed by atoms with Crippen LogP contribution >= 0.6 is 0 Å². The molecule has 6 heteroatoms. The van der Waals surface area contributed by atoms with Crippen LogP contribution in [-0.2, 0) is 0 Å². The minimum Gasteiger partial charge on any atom is -0.506 e. The highest BCUT2D eigenvalue weighted by Gasteiger charge is 2.10. The van der Waals surface area contributed by atoms with Gasteiger partial charge in [-0.1, -0.05) is 12.1 Å². The first-order valence-corrected chi connectivity index (χ1v) is 5.10. The van der Waals surface area contributed by atoms with E-state index in [9.17, 15) is 20.3 Å². The molecule has 92 valence electrons. The van der Waals surface area contributed by atoms with Gasteiger partial charge in [-0.05, 0) is 18.2 Å². The zero-order valence-corrected chi connectivity index (χ0v) is 9.20. The molecule has 0 aliphatic rings. The molecule has 0 bridgehead atoms. The Hall–Kier alpha value is -2.76. The molecule has 0 aliphatic heterocycles. The van der Waals surface area contributed by atoms with Crippen LogP contribution in [-0.4, -0.2) is 15.1 Å². The predicted octanol–water partition coefficient (Wildman–Crippen LogP) is 2.75. The number of phenolic OH excluding ortho intramolecular Hbond substituents is 2. The molecule has 0 aromatic heterocycles. The van der Waals surface area contributed by atoms with Gasteiger partial charge in [0, 0.05) is 6.07 Å². The maximum Gasteiger partial charge on any atom is 0.273 e. The minimum atomic E-state index is -0.594. The van der Waals surface area contributed by atoms with E-state index in [1.165, 1.54) is 18.2 Å². The largest absolute Gasteiger partial charge is 0.506 e. The smallest absolute Gasteiger partial charge is 0.273 e. The van der Waals surface area contributed by atoms with Crippen LogP contribution in [0.3, 0.4) is 0 Å². The van der Waals surface area contributed by atoms with Gasteiger partial charge in [0.2, 0.25) is 0 Å². The summed E-state index contributed by atoms with van der Waals surface area (Å²) in [6, 6.07) is 10.2. The molecule has 0 heterocycles. The van der Waals surface area contributed by atoms with Crippen LogP contribution in [0, 0.1) is 10.1 Å². The minimum absolute atomic E-state index is 0.0234. The lowest BCUT2D eigenvalue weighted by Gasteiger charge is -2.09. The van der Waals surface area contributed by atoms with Gasteiger partial charge in [-0.15, -0.1) is 0 Å². The van der Waals surface area contributed by atoms with Gasteiger partial charge in [0.25, 0.3) is 5.69 Å². The Morgan fingerprint density at radius 1 is 1.00 bits per heavy atom. The number of nitro benzene ring substituents is 1. The number of para-hydroxylation sites is 2. The maximum atomic E-state index is 10.5. The van der Waals surface area contributed by atoms with Gasteiger partial charge in [-0.3, -0.25) is 10.1 Å². The molecule has 2 aromatic carbocycles. The number of aromatic hydroxyl groups is 2. The molecule has 0 atom stereocenters. The third kappa shape index (κ3) is 2.32. The molecule has 0 spiro atoms. The standard InChI is InChI=1S/C12H10N2O4/c15-11-4-2-1-3-9(11)13-10-6-5-8(14(17)18)7-12(10)16/h1-7,13,15-16H. The van der Waals surface area contributed by atoms with Crippen LogP contribution < -0.4 is 5.32 Å². The van der Waals surface area contributed by atoms with E-state index in [0.29, 0.717) is 5.69 Å². The molecule has 6 nitrogen and oxygen atoms in total. The number of nitrogens with zero attached hydrogens (tertiary/aromatic N) is 1. The van der Waals surface area contributed by atoms with Crippen molar-refractivity contribution in [3.8, 4) is 11.5 Å². The second kappa shape index (κ2) is 4.62. The van der Waals surface area contributed by atoms with E-state index < -0.39 is 4.92 Å². The van der Waals surface area contributed by atoms with Crippen LogP contribution in [0.4, 0.5) is 17.1 Å². The van der Waals surface area contributed by atoms with Crippen molar-refractivity contribution in [1.82, 2.24) is 0 Å². The fourth-order valence-electron chi connectivity index (χ4n) is 1.46. The molecule has 0 saturated heterocycles. The highest BCUT2D eigenvalue weighted by atomic mass is 16.6. The van der Waals surface area contributed by atoms with Crippen molar-refractivity contribution in [2.45, 2.75) is 0 Å². The Morgan fingerprint density at radius 2 is 1.67 bits per heavy atom. The molecule has 3 N–H and O–H groups in total. The number of nitro groups is 1. The Labute approximate surface area is 102 Å². The van der Waals surface area contributed by atoms with Crippen molar-refractivity contribution >= 4 is 17.1 Å². The molecule has 0 saturated carbocycles. The summed E-state index contributed by atoms with van der Waals surface area (Å²) in [6.45, 7) is 0. The SMILES string of the molecule is O=[N+]([O-])c1ccc(Nc2ccccc2O)c(O)c1. The summed E-state index contributed by atoms with van der Waals surface area (Å²) in [5, 5.41) is 32.5. The summed E-state index contributed by atoms with van der Waals surface area (Å²) >= 11 is 0. The monoisotopic (exact) mass is 246 g/mol. The summed E-state index contributed by atoms with van der Waals surface area (Å²) in [6.07, 6.45) is 0. The number of phenols is 2. The molecular formula is C12H10N2O4. The summed E-state index contributed by atoms with van der Waals surface area (Å²) < 4.78 is 0. The first-order chi connectivity index (χ1) is 8.58. The van der Waals surface area contributed by atoms with E-state index in [2.05, 4.69) is 5.32 Å². The van der Waals surface area contributed by atoms with Crippen LogP contribution in [0.2, 0.25) is 0 Å². The van der Waals surface area contributed by atoms with Crippen molar-refractivity contribution < 1.29 is 15.1 Å². The summed E-state index contributed by atoms with van der Waals surface area (Å²) in [7, 11) is 0. The van der Waals surface area contributed by atoms with Crippen molar-refractivity contribution in [1.29, 1.82) is 0 Å². The van der Waals surface area contributed by atoms with Gasteiger partial charge in [0.15, 0.2) is 0 Å². The first-order valence-electron chi connectivity index (χ1n) is 5.10. The number of nitrogens with one attached hydrogen (secondary N) is 1. The number of hydrogen-bond acceptors (Lipinski definition) is 5. The predicted molar refractivity (Wildman–Crippen MR) is 66.2 cm³/mol. The van der Waals surface area contributed by atoms with Crippen LogP contribution in [0.15, 0.2) is 42.5 Å². The third-order valence-electron chi connectivity index (χ3n) is 2.37. The number of hydrogen-bond donors (Lipinski definition) is 3. The Balaban J connectivity index is 2.30. The molecule has 18 heavy (non-hydrogen) atoms. The van der Waals surface area contributed by atoms with E-state index in [1.807, 2.05) is 0 Å². The average molecular weight is 246 g/mol. The molecule has 2 aromatic rings. The van der Waals surface area contributed by atoms with Crippen LogP contribution in [0.5, 0.6) is 11.5 Å². The van der Waals surface area contributed by atoms with Gasteiger partial charge in [-0.25, -0.2) is 0 Å². The van der Waals surface area contributed by atoms with Crippen molar-refractivity contribution in [2.24, 2.45) is 0 Å². The zero-order valence-electron chi connectivity index (χ0n) is 9.20. The number of rotatable bonds is 3. The van der Waals surface area contributed by atoms with Crippen molar-refractivity contribution in [2.75, 3.05) is 5.32 Å². The number of anilines is 2. The van der Waals surface area contributed by atoms with Gasteiger partial charge in [-0.2, -0.15) is 0 Å². The first kappa shape index (κ1) is 11.7. The molecular weight excluding hydrogens is 236 g/mol. The molecule has 0 unspecified atom stereocenters. The van der Waals surface area contributed by atoms with Gasteiger partial charge < -0.3 is 15.5 Å². The lowest BCUT2D eigenvalue weighted by atomic mass is 10.2. The van der Waals surface area contributed by atoms with Crippen LogP contribution in [0.25, 0.3) is 0 Å². The molecule has 0 fully saturated rings. The van der Waals surface area contributed by atoms with Crippen LogP contribution in [0.1, 0.15) is 0 Å². The Morgan fingerprint density at radius 3 is 2.28 bits per heavy atom. The summed E-state index contributed by atoms with van der Waals surface area (Å²) in [4.78, 5) is 9.92. The van der Waals surface area contributed by atoms with Gasteiger partial charge >= 0.3 is 0 Å². The van der Waals surface area contributed by atoms with Gasteiger partial charge in [0.05, 0.1) is 22.4 Å². The van der Waals surface area contributed by atoms with Gasteiger partial charge in [0.1, 0.15) is 11.5 Å². The second-order valence-corrected chi connectivity index (χ2v) is 3.60. The average Bonchev–Trinajstić information content (AvgIpc) is 2.34. The normalized spacial score (nSPS) is 10.0. The summed E-state index contributed by atoms with van der Waals surface area (Å²) in [5.41, 5.74) is 0.485. The summed E-state index contributed by atoms with van der Waals surface area (Å²) in [5.74, 6) is -0.234. The highest BCUT2D eigenvalue weighted by molar-refractivity contribution is 5.71.